The first-order valence-electron chi connectivity index (χ1n) is 47.0. The van der Waals surface area contributed by atoms with Crippen molar-refractivity contribution in [1.82, 2.24) is 42.4 Å². The Kier molecular flexibility index (Phi) is 19.7. The van der Waals surface area contributed by atoms with Crippen LogP contribution in [0.3, 0.4) is 0 Å². The molecule has 9 heterocycles. The van der Waals surface area contributed by atoms with Gasteiger partial charge in [-0.2, -0.15) is 0 Å². The number of aromatic nitrogens is 9. The van der Waals surface area contributed by atoms with Crippen molar-refractivity contribution in [2.24, 2.45) is 0 Å². The maximum atomic E-state index is 5.51. The molecule has 0 aliphatic heterocycles. The van der Waals surface area contributed by atoms with E-state index >= 15 is 0 Å². The summed E-state index contributed by atoms with van der Waals surface area (Å²) in [6, 6.07) is 184. The van der Waals surface area contributed by atoms with Crippen LogP contribution in [0.1, 0.15) is 0 Å². The van der Waals surface area contributed by atoms with E-state index in [1.807, 2.05) is 0 Å². The van der Waals surface area contributed by atoms with Gasteiger partial charge < -0.3 is 9.13 Å². The second-order valence-electron chi connectivity index (χ2n) is 35.3. The molecule has 19 aromatic carbocycles. The summed E-state index contributed by atoms with van der Waals surface area (Å²) in [6.45, 7) is 0. The average Bonchev–Trinajstić information content (AvgIpc) is 1.58. The summed E-state index contributed by atoms with van der Waals surface area (Å²) >= 11 is 0. The number of nitrogens with zero attached hydrogens (tertiary/aromatic N) is 9. The molecule has 0 N–H and O–H groups in total. The van der Waals surface area contributed by atoms with Gasteiger partial charge >= 0.3 is 0 Å². The zero-order chi connectivity index (χ0) is 91.1. The van der Waals surface area contributed by atoms with E-state index in [0.717, 1.165) is 95.8 Å². The molecule has 0 bridgehead atoms. The number of fused-ring (bicyclic) bond motifs is 18. The third-order valence-corrected chi connectivity index (χ3v) is 27.4. The molecule has 0 saturated heterocycles. The Morgan fingerprint density at radius 3 is 0.623 bits per heavy atom. The monoisotopic (exact) mass is 1760 g/mol. The first kappa shape index (κ1) is 80.3. The number of hydrogen-bond donors (Lipinski definition) is 0. The fourth-order valence-electron chi connectivity index (χ4n) is 21.0. The van der Waals surface area contributed by atoms with E-state index < -0.39 is 0 Å². The molecule has 9 aromatic heterocycles. The van der Waals surface area contributed by atoms with Crippen LogP contribution in [0.5, 0.6) is 0 Å². The van der Waals surface area contributed by atoms with Crippen LogP contribution in [-0.2, 0) is 0 Å². The van der Waals surface area contributed by atoms with Gasteiger partial charge in [-0.05, 0) is 213 Å². The van der Waals surface area contributed by atoms with Crippen LogP contribution in [0, 0.1) is 0 Å². The molecule has 646 valence electrons. The first-order valence-corrected chi connectivity index (χ1v) is 47.0. The highest BCUT2D eigenvalue weighted by Gasteiger charge is 2.24. The van der Waals surface area contributed by atoms with Crippen LogP contribution in [0.4, 0.5) is 0 Å². The minimum absolute atomic E-state index is 0.874. The molecule has 0 atom stereocenters. The van der Waals surface area contributed by atoms with E-state index in [9.17, 15) is 0 Å². The fraction of sp³-hybridized carbons (Fsp3) is 0. The summed E-state index contributed by atoms with van der Waals surface area (Å²) in [5.41, 5.74) is 32.2. The Morgan fingerprint density at radius 1 is 0.109 bits per heavy atom. The third kappa shape index (κ3) is 14.0. The summed E-state index contributed by atoms with van der Waals surface area (Å²) in [6.07, 6.45) is 0. The molecular weight excluding hydrogens is 1680 g/mol. The van der Waals surface area contributed by atoms with Crippen molar-refractivity contribution in [1.29, 1.82) is 0 Å². The predicted molar refractivity (Wildman–Crippen MR) is 577 cm³/mol. The lowest BCUT2D eigenvalue weighted by Crippen LogP contribution is -2.03. The van der Waals surface area contributed by atoms with Gasteiger partial charge in [-0.15, -0.1) is 0 Å². The Balaban J connectivity index is 0.000000109. The maximum absolute atomic E-state index is 5.51. The van der Waals surface area contributed by atoms with Gasteiger partial charge in [0.1, 0.15) is 23.3 Å². The van der Waals surface area contributed by atoms with Gasteiger partial charge in [0, 0.05) is 87.1 Å². The molecule has 28 rings (SSSR count). The highest BCUT2D eigenvalue weighted by atomic mass is 15.1. The average molecular weight is 1760 g/mol. The number of hydrogen-bond acceptors (Lipinski definition) is 3. The SMILES string of the molecule is c1cc(-c2ccc(-n3c4ccccc4c4ccccc43)cc2)nc(-n2c3ccccc3c3ccccc32)c1.c1ccc(-c2cc(-c3ccc(-n4c5ccccc5c5ccccc54)cc3)nc(-n3c4ccccc4c4ccccc43)c2)cc1.c1ccc(-c2ccc3c(c2)c2cc(-c4ccccc4)ccc2n3-c2cccc(-n3c4ccc(-c5ccccc5)cc4c4cc(-c5ccccc5)ccc43)n2)cc1. The van der Waals surface area contributed by atoms with Crippen LogP contribution in [-0.4, -0.2) is 42.4 Å². The molecule has 138 heavy (non-hydrogen) atoms. The molecule has 0 amide bonds. The zero-order valence-corrected chi connectivity index (χ0v) is 75.1. The van der Waals surface area contributed by atoms with E-state index in [-0.39, 0.29) is 0 Å². The van der Waals surface area contributed by atoms with E-state index in [1.165, 1.54) is 148 Å². The Labute approximate surface area is 796 Å². The number of benzene rings is 19. The Hall–Kier alpha value is -18.6. The lowest BCUT2D eigenvalue weighted by molar-refractivity contribution is 1.01. The van der Waals surface area contributed by atoms with E-state index in [1.54, 1.807) is 0 Å². The molecule has 0 aliphatic carbocycles. The largest absolute Gasteiger partial charge is 0.309 e. The van der Waals surface area contributed by atoms with Crippen LogP contribution in [0.25, 0.3) is 244 Å². The fourth-order valence-corrected chi connectivity index (χ4v) is 21.0. The van der Waals surface area contributed by atoms with E-state index in [4.69, 9.17) is 15.0 Å². The molecule has 0 unspecified atom stereocenters. The second kappa shape index (κ2) is 33.9. The van der Waals surface area contributed by atoms with Crippen molar-refractivity contribution in [3.63, 3.8) is 0 Å². The minimum atomic E-state index is 0.874. The van der Waals surface area contributed by atoms with Crippen molar-refractivity contribution >= 4 is 131 Å². The number of pyridine rings is 3. The smallest absolute Gasteiger partial charge is 0.140 e. The van der Waals surface area contributed by atoms with Crippen molar-refractivity contribution in [2.45, 2.75) is 0 Å². The Bertz CT molecular complexity index is 8940. The zero-order valence-electron chi connectivity index (χ0n) is 75.1. The number of para-hydroxylation sites is 8. The summed E-state index contributed by atoms with van der Waals surface area (Å²) in [5, 5.41) is 14.8. The summed E-state index contributed by atoms with van der Waals surface area (Å²) in [7, 11) is 0. The predicted octanol–water partition coefficient (Wildman–Crippen LogP) is 33.5. The molecule has 9 heteroatoms. The highest BCUT2D eigenvalue weighted by Crippen LogP contribution is 2.44. The second-order valence-corrected chi connectivity index (χ2v) is 35.3. The summed E-state index contributed by atoms with van der Waals surface area (Å²) in [5.74, 6) is 3.58. The van der Waals surface area contributed by atoms with E-state index in [2.05, 4.69) is 543 Å². The van der Waals surface area contributed by atoms with Gasteiger partial charge in [0.25, 0.3) is 0 Å². The molecular formula is C129H85N9. The van der Waals surface area contributed by atoms with Crippen molar-refractivity contribution in [2.75, 3.05) is 0 Å². The minimum Gasteiger partial charge on any atom is -0.309 e. The molecule has 9 nitrogen and oxygen atoms in total. The van der Waals surface area contributed by atoms with E-state index in [0.29, 0.717) is 0 Å². The normalized spacial score (nSPS) is 11.6. The number of rotatable bonds is 13. The van der Waals surface area contributed by atoms with Gasteiger partial charge in [0.2, 0.25) is 0 Å². The van der Waals surface area contributed by atoms with Gasteiger partial charge in [0.15, 0.2) is 0 Å². The lowest BCUT2D eigenvalue weighted by Gasteiger charge is -2.14. The van der Waals surface area contributed by atoms with Gasteiger partial charge in [-0.25, -0.2) is 15.0 Å². The lowest BCUT2D eigenvalue weighted by atomic mass is 10.0. The quantitative estimate of drug-likeness (QED) is 0.116. The topological polar surface area (TPSA) is 68.2 Å². The van der Waals surface area contributed by atoms with Gasteiger partial charge in [0.05, 0.1) is 77.6 Å². The molecule has 0 radical (unpaired) electrons. The third-order valence-electron chi connectivity index (χ3n) is 27.4. The van der Waals surface area contributed by atoms with Crippen LogP contribution in [0.15, 0.2) is 516 Å². The highest BCUT2D eigenvalue weighted by molar-refractivity contribution is 6.16. The van der Waals surface area contributed by atoms with Crippen molar-refractivity contribution in [3.05, 3.63) is 516 Å². The van der Waals surface area contributed by atoms with Gasteiger partial charge in [-0.1, -0.05) is 358 Å². The van der Waals surface area contributed by atoms with Crippen LogP contribution < -0.4 is 0 Å². The molecule has 0 spiro atoms. The standard InChI is InChI=1S/C53H35N3.C41H27N3.C35H23N3/c1-5-14-36(15-6-1)40-24-28-48-44(32-40)45-33-41(37-16-7-2-8-17-37)25-29-49(45)55(48)52-22-13-23-53(54-52)56-50-30-26-42(38-18-9-3-10-19-38)34-46(50)47-35-43(27-31-51(47)56)39-20-11-4-12-21-39;1-2-12-28(13-3-1)30-26-36(42-41(27-30)44-39-20-10-6-16-34(39)35-17-7-11-21-40(35)44)29-22-24-31(25-23-29)43-37-18-8-4-14-32(37)33-15-5-9-19-38(33)43;1-5-15-31-26(10-1)27-11-2-6-16-32(27)37(31)25-22-20-24(21-23-25)30-14-9-19-35(36-30)38-33-17-7-3-12-28(33)29-13-4-8-18-34(29)38/h1-35H;1-27H;1-23H. The summed E-state index contributed by atoms with van der Waals surface area (Å²) < 4.78 is 13.9. The van der Waals surface area contributed by atoms with Crippen molar-refractivity contribution < 1.29 is 0 Å². The van der Waals surface area contributed by atoms with Gasteiger partial charge in [-0.3, -0.25) is 18.3 Å². The molecule has 0 fully saturated rings. The maximum Gasteiger partial charge on any atom is 0.140 e. The van der Waals surface area contributed by atoms with Crippen LogP contribution >= 0.6 is 0 Å². The van der Waals surface area contributed by atoms with Crippen molar-refractivity contribution in [3.8, 4) is 113 Å². The molecule has 28 aromatic rings. The first-order chi connectivity index (χ1) is 68.5. The van der Waals surface area contributed by atoms with Crippen LogP contribution in [0.2, 0.25) is 0 Å². The molecule has 0 aliphatic rings. The Morgan fingerprint density at radius 2 is 0.326 bits per heavy atom. The molecule has 0 saturated carbocycles. The summed E-state index contributed by atoms with van der Waals surface area (Å²) in [4.78, 5) is 16.0.